The van der Waals surface area contributed by atoms with Gasteiger partial charge in [-0.3, -0.25) is 0 Å². The summed E-state index contributed by atoms with van der Waals surface area (Å²) in [5.74, 6) is 0.775. The lowest BCUT2D eigenvalue weighted by atomic mass is 9.85. The fourth-order valence-electron chi connectivity index (χ4n) is 7.58. The molecule has 10 nitrogen and oxygen atoms in total. The molecule has 2 unspecified atom stereocenters. The number of aromatic nitrogens is 4. The average molecular weight is 700 g/mol. The number of nitrogens with one attached hydrogen (secondary N) is 1. The van der Waals surface area contributed by atoms with Crippen molar-refractivity contribution in [2.45, 2.75) is 62.8 Å². The van der Waals surface area contributed by atoms with Crippen LogP contribution in [0.4, 0.5) is 20.4 Å². The third kappa shape index (κ3) is 5.89. The number of piperidine rings is 1. The van der Waals surface area contributed by atoms with Gasteiger partial charge in [0.2, 0.25) is 5.88 Å². The second-order valence-corrected chi connectivity index (χ2v) is 14.7. The summed E-state index contributed by atoms with van der Waals surface area (Å²) in [5.41, 5.74) is 7.35. The molecule has 0 amide bonds. The van der Waals surface area contributed by atoms with Crippen LogP contribution in [0.1, 0.15) is 56.7 Å². The van der Waals surface area contributed by atoms with Crippen molar-refractivity contribution in [1.82, 2.24) is 25.3 Å². The fourth-order valence-corrected chi connectivity index (χ4v) is 8.27. The molecule has 2 aromatic carbocycles. The van der Waals surface area contributed by atoms with Gasteiger partial charge in [-0.25, -0.2) is 18.7 Å². The summed E-state index contributed by atoms with van der Waals surface area (Å²) >= 11 is 1.95. The molecule has 3 aromatic heterocycles. The molecule has 0 saturated carbocycles. The second kappa shape index (κ2) is 13.0. The molecule has 6 heterocycles. The lowest BCUT2D eigenvalue weighted by Crippen LogP contribution is -2.53. The van der Waals surface area contributed by atoms with Crippen LogP contribution in [-0.4, -0.2) is 67.9 Å². The summed E-state index contributed by atoms with van der Waals surface area (Å²) in [6, 6.07) is 9.31. The van der Waals surface area contributed by atoms with E-state index in [0.717, 1.165) is 43.5 Å². The van der Waals surface area contributed by atoms with Crippen LogP contribution in [0.2, 0.25) is 0 Å². The highest BCUT2D eigenvalue weighted by molar-refractivity contribution is 8.06. The lowest BCUT2D eigenvalue weighted by Gasteiger charge is -2.38. The van der Waals surface area contributed by atoms with E-state index in [1.807, 2.05) is 42.6 Å². The minimum Gasteiger partial charge on any atom is -0.508 e. The van der Waals surface area contributed by atoms with E-state index in [0.29, 0.717) is 52.8 Å². The normalized spacial score (nSPS) is 20.8. The van der Waals surface area contributed by atoms with E-state index in [-0.39, 0.29) is 58.0 Å². The predicted octanol–water partition coefficient (Wildman–Crippen LogP) is 6.73. The number of benzene rings is 2. The molecular formula is C37H39F2N7O3S. The molecule has 5 aromatic rings. The molecule has 0 aliphatic carbocycles. The number of aromatic hydroxyl groups is 1. The Labute approximate surface area is 292 Å². The number of halogens is 2. The molecular weight excluding hydrogens is 661 g/mol. The van der Waals surface area contributed by atoms with Crippen molar-refractivity contribution < 1.29 is 23.4 Å². The zero-order valence-electron chi connectivity index (χ0n) is 28.0. The molecule has 13 heteroatoms. The van der Waals surface area contributed by atoms with E-state index in [1.54, 1.807) is 12.3 Å². The van der Waals surface area contributed by atoms with E-state index in [9.17, 15) is 5.11 Å². The van der Waals surface area contributed by atoms with Crippen molar-refractivity contribution in [2.24, 2.45) is 0 Å². The number of nitrogens with two attached hydrogens (primary N) is 1. The third-order valence-electron chi connectivity index (χ3n) is 10.2. The number of phenolic OH excluding ortho intramolecular Hbond substituents is 1. The molecule has 3 aliphatic heterocycles. The molecule has 8 rings (SSSR count). The van der Waals surface area contributed by atoms with E-state index in [2.05, 4.69) is 10.3 Å². The first-order valence-corrected chi connectivity index (χ1v) is 18.2. The van der Waals surface area contributed by atoms with Gasteiger partial charge in [-0.1, -0.05) is 25.5 Å². The van der Waals surface area contributed by atoms with E-state index < -0.39 is 11.6 Å². The average Bonchev–Trinajstić information content (AvgIpc) is 3.95. The molecule has 3 atom stereocenters. The number of thioether (sulfide) groups is 1. The maximum atomic E-state index is 17.2. The highest BCUT2D eigenvalue weighted by atomic mass is 32.2. The number of hydrogen-bond donors (Lipinski definition) is 3. The molecule has 4 N–H and O–H groups in total. The Morgan fingerprint density at radius 1 is 1.18 bits per heavy atom. The number of ether oxygens (including phenoxy) is 2. The number of nitrogens with zero attached hydrogens (tertiary/aromatic N) is 5. The Bertz CT molecular complexity index is 2110. The number of phenols is 1. The Morgan fingerprint density at radius 3 is 2.80 bits per heavy atom. The SMILES string of the molecule is CCc1c(F)ccc2cc(O)cc(-c3nc4c5c(nc(OC[C@@]6(CC7CS7)CCCCN6)nc5c3F)N(C(C)c3cccnc3N)CCO4)c12. The van der Waals surface area contributed by atoms with Crippen molar-refractivity contribution >= 4 is 45.1 Å². The zero-order valence-corrected chi connectivity index (χ0v) is 28.8. The molecule has 0 bridgehead atoms. The van der Waals surface area contributed by atoms with Crippen LogP contribution >= 0.6 is 11.8 Å². The number of anilines is 2. The van der Waals surface area contributed by atoms with Crippen molar-refractivity contribution in [1.29, 1.82) is 0 Å². The zero-order chi connectivity index (χ0) is 34.6. The topological polar surface area (TPSA) is 132 Å². The lowest BCUT2D eigenvalue weighted by molar-refractivity contribution is 0.133. The van der Waals surface area contributed by atoms with Gasteiger partial charge in [0, 0.05) is 28.3 Å². The highest BCUT2D eigenvalue weighted by Gasteiger charge is 2.40. The minimum absolute atomic E-state index is 0.0315. The van der Waals surface area contributed by atoms with Crippen LogP contribution in [0.3, 0.4) is 0 Å². The van der Waals surface area contributed by atoms with Crippen LogP contribution in [0.5, 0.6) is 17.6 Å². The maximum Gasteiger partial charge on any atom is 0.319 e. The summed E-state index contributed by atoms with van der Waals surface area (Å²) < 4.78 is 45.1. The maximum absolute atomic E-state index is 17.2. The molecule has 0 radical (unpaired) electrons. The molecule has 50 heavy (non-hydrogen) atoms. The first-order valence-electron chi connectivity index (χ1n) is 17.2. The number of rotatable bonds is 9. The predicted molar refractivity (Wildman–Crippen MR) is 192 cm³/mol. The van der Waals surface area contributed by atoms with Crippen LogP contribution in [0.15, 0.2) is 42.6 Å². The number of pyridine rings is 2. The standard InChI is InChI=1S/C37H39F2N7O3S/c1-3-24-27(38)9-8-21-15-22(47)16-26(28(21)24)31-30(39)32-29-34(45-36(44-32)49-19-37(17-23-18-50-23)10-4-5-12-42-37)46(13-14-48-35(29)43-31)20(2)25-7-6-11-41-33(25)40/h6-9,11,15-16,20,23,42,47H,3-5,10,12-14,17-19H2,1-2H3,(H2,40,41)/t20?,23?,37-/m0/s1. The summed E-state index contributed by atoms with van der Waals surface area (Å²) in [7, 11) is 0. The Balaban J connectivity index is 1.32. The second-order valence-electron chi connectivity index (χ2n) is 13.4. The van der Waals surface area contributed by atoms with Gasteiger partial charge in [-0.15, -0.1) is 0 Å². The van der Waals surface area contributed by atoms with Crippen LogP contribution < -0.4 is 25.4 Å². The summed E-state index contributed by atoms with van der Waals surface area (Å²) in [4.78, 5) is 20.6. The third-order valence-corrected chi connectivity index (χ3v) is 11.2. The summed E-state index contributed by atoms with van der Waals surface area (Å²) in [6.45, 7) is 5.63. The molecule has 0 spiro atoms. The molecule has 3 aliphatic rings. The smallest absolute Gasteiger partial charge is 0.319 e. The largest absolute Gasteiger partial charge is 0.508 e. The molecule has 2 saturated heterocycles. The van der Waals surface area contributed by atoms with Gasteiger partial charge < -0.3 is 30.5 Å². The Kier molecular flexibility index (Phi) is 8.50. The monoisotopic (exact) mass is 699 g/mol. The first kappa shape index (κ1) is 32.7. The Hall–Kier alpha value is -4.49. The molecule has 260 valence electrons. The van der Waals surface area contributed by atoms with Crippen molar-refractivity contribution in [3.63, 3.8) is 0 Å². The van der Waals surface area contributed by atoms with Crippen LogP contribution in [0, 0.1) is 11.6 Å². The fraction of sp³-hybridized carbons (Fsp3) is 0.405. The van der Waals surface area contributed by atoms with Crippen molar-refractivity contribution in [3.8, 4) is 28.9 Å². The van der Waals surface area contributed by atoms with Gasteiger partial charge in [0.05, 0.1) is 18.1 Å². The van der Waals surface area contributed by atoms with Gasteiger partial charge in [0.25, 0.3) is 0 Å². The van der Waals surface area contributed by atoms with E-state index in [1.165, 1.54) is 18.2 Å². The number of hydrogen-bond acceptors (Lipinski definition) is 11. The van der Waals surface area contributed by atoms with Gasteiger partial charge in [-0.2, -0.15) is 21.7 Å². The van der Waals surface area contributed by atoms with Gasteiger partial charge >= 0.3 is 6.01 Å². The van der Waals surface area contributed by atoms with Gasteiger partial charge in [0.15, 0.2) is 5.82 Å². The van der Waals surface area contributed by atoms with Crippen molar-refractivity contribution in [3.05, 3.63) is 65.4 Å². The minimum atomic E-state index is -0.755. The quantitative estimate of drug-likeness (QED) is 0.142. The highest BCUT2D eigenvalue weighted by Crippen LogP contribution is 2.45. The summed E-state index contributed by atoms with van der Waals surface area (Å²) in [6.07, 6.45) is 6.13. The van der Waals surface area contributed by atoms with Crippen LogP contribution in [-0.2, 0) is 6.42 Å². The first-order chi connectivity index (χ1) is 24.2. The van der Waals surface area contributed by atoms with Gasteiger partial charge in [-0.05, 0) is 79.8 Å². The van der Waals surface area contributed by atoms with Crippen LogP contribution in [0.25, 0.3) is 32.9 Å². The van der Waals surface area contributed by atoms with E-state index >= 15 is 8.78 Å². The Morgan fingerprint density at radius 2 is 2.04 bits per heavy atom. The number of aryl methyl sites for hydroxylation is 1. The number of fused-ring (bicyclic) bond motifs is 1. The van der Waals surface area contributed by atoms with Crippen molar-refractivity contribution in [2.75, 3.05) is 42.7 Å². The number of nitrogen functional groups attached to an aromatic ring is 1. The van der Waals surface area contributed by atoms with Gasteiger partial charge in [0.1, 0.15) is 53.0 Å². The van der Waals surface area contributed by atoms with E-state index in [4.69, 9.17) is 30.2 Å². The summed E-state index contributed by atoms with van der Waals surface area (Å²) in [5, 5.41) is 16.4. The molecule has 2 fully saturated rings.